The zero-order chi connectivity index (χ0) is 13.8. The maximum Gasteiger partial charge on any atom is 0.241 e. The molecule has 2 N–H and O–H groups in total. The van der Waals surface area contributed by atoms with Crippen molar-refractivity contribution in [2.24, 2.45) is 5.92 Å². The van der Waals surface area contributed by atoms with Crippen molar-refractivity contribution in [1.29, 1.82) is 0 Å². The van der Waals surface area contributed by atoms with E-state index in [1.165, 1.54) is 11.3 Å². The summed E-state index contributed by atoms with van der Waals surface area (Å²) in [5.41, 5.74) is 0. The molecule has 18 heavy (non-hydrogen) atoms. The van der Waals surface area contributed by atoms with Crippen LogP contribution in [0.1, 0.15) is 32.1 Å². The van der Waals surface area contributed by atoms with Crippen LogP contribution >= 0.6 is 11.3 Å². The first-order chi connectivity index (χ1) is 8.36. The number of thiophene rings is 1. The Kier molecular flexibility index (Phi) is 5.78. The molecule has 1 heterocycles. The molecule has 104 valence electrons. The summed E-state index contributed by atoms with van der Waals surface area (Å²) in [7, 11) is -1.58. The molecule has 0 radical (unpaired) electrons. The van der Waals surface area contributed by atoms with Crippen molar-refractivity contribution in [2.75, 3.05) is 7.05 Å². The Balaban J connectivity index is 2.82. The van der Waals surface area contributed by atoms with Gasteiger partial charge in [0, 0.05) is 17.5 Å². The summed E-state index contributed by atoms with van der Waals surface area (Å²) in [6.45, 7) is 6.65. The summed E-state index contributed by atoms with van der Waals surface area (Å²) >= 11 is 1.46. The average Bonchev–Trinajstić information content (AvgIpc) is 2.64. The van der Waals surface area contributed by atoms with E-state index in [-0.39, 0.29) is 6.04 Å². The maximum atomic E-state index is 12.2. The third-order valence-electron chi connectivity index (χ3n) is 2.51. The van der Waals surface area contributed by atoms with E-state index in [2.05, 4.69) is 23.9 Å². The molecule has 1 unspecified atom stereocenters. The van der Waals surface area contributed by atoms with Crippen LogP contribution in [-0.4, -0.2) is 21.5 Å². The smallest absolute Gasteiger partial charge is 0.241 e. The fourth-order valence-corrected chi connectivity index (χ4v) is 4.65. The molecule has 1 aromatic rings. The first kappa shape index (κ1) is 15.6. The lowest BCUT2D eigenvalue weighted by atomic mass is 10.1. The summed E-state index contributed by atoms with van der Waals surface area (Å²) < 4.78 is 27.2. The molecule has 0 saturated heterocycles. The van der Waals surface area contributed by atoms with Gasteiger partial charge in [0.05, 0.1) is 4.90 Å². The summed E-state index contributed by atoms with van der Waals surface area (Å²) in [6, 6.07) is 1.62. The maximum absolute atomic E-state index is 12.2. The van der Waals surface area contributed by atoms with Crippen LogP contribution < -0.4 is 10.0 Å². The number of hydrogen-bond acceptors (Lipinski definition) is 4. The van der Waals surface area contributed by atoms with Crippen LogP contribution in [0, 0.1) is 5.92 Å². The largest absolute Gasteiger partial charge is 0.315 e. The van der Waals surface area contributed by atoms with Crippen molar-refractivity contribution in [3.8, 4) is 0 Å². The minimum Gasteiger partial charge on any atom is -0.315 e. The highest BCUT2D eigenvalue weighted by Gasteiger charge is 2.21. The second-order valence-electron chi connectivity index (χ2n) is 4.89. The van der Waals surface area contributed by atoms with Crippen molar-refractivity contribution >= 4 is 21.4 Å². The van der Waals surface area contributed by atoms with Crippen LogP contribution in [0.2, 0.25) is 0 Å². The van der Waals surface area contributed by atoms with Gasteiger partial charge < -0.3 is 5.32 Å². The molecule has 0 bridgehead atoms. The average molecular weight is 290 g/mol. The summed E-state index contributed by atoms with van der Waals surface area (Å²) in [6.07, 6.45) is 0.838. The quantitative estimate of drug-likeness (QED) is 0.809. The van der Waals surface area contributed by atoms with Crippen LogP contribution in [0.4, 0.5) is 0 Å². The lowest BCUT2D eigenvalue weighted by molar-refractivity contribution is 0.482. The van der Waals surface area contributed by atoms with Gasteiger partial charge >= 0.3 is 0 Å². The van der Waals surface area contributed by atoms with Crippen LogP contribution in [0.25, 0.3) is 0 Å². The van der Waals surface area contributed by atoms with E-state index in [1.54, 1.807) is 6.07 Å². The summed E-state index contributed by atoms with van der Waals surface area (Å²) in [5.74, 6) is 0.474. The predicted molar refractivity (Wildman–Crippen MR) is 76.3 cm³/mol. The molecule has 0 spiro atoms. The number of hydrogen-bond donors (Lipinski definition) is 2. The first-order valence-electron chi connectivity index (χ1n) is 6.10. The standard InChI is InChI=1S/C12H22N2O2S2/c1-9(2)7-10(3)14-18(15,16)12-5-6-17-11(12)8-13-4/h5-6,9-10,13-14H,7-8H2,1-4H3. The minimum atomic E-state index is -3.39. The molecule has 1 aromatic heterocycles. The molecule has 0 aliphatic heterocycles. The van der Waals surface area contributed by atoms with Crippen LogP contribution in [0.3, 0.4) is 0 Å². The van der Waals surface area contributed by atoms with Gasteiger partial charge in [-0.05, 0) is 37.8 Å². The molecule has 0 saturated carbocycles. The molecule has 0 aromatic carbocycles. The molecule has 1 rings (SSSR count). The van der Waals surface area contributed by atoms with E-state index in [4.69, 9.17) is 0 Å². The second kappa shape index (κ2) is 6.65. The molecular formula is C12H22N2O2S2. The predicted octanol–water partition coefficient (Wildman–Crippen LogP) is 2.18. The lowest BCUT2D eigenvalue weighted by Gasteiger charge is -2.16. The minimum absolute atomic E-state index is 0.0441. The molecule has 0 amide bonds. The third-order valence-corrected chi connectivity index (χ3v) is 5.24. The highest BCUT2D eigenvalue weighted by Crippen LogP contribution is 2.22. The summed E-state index contributed by atoms with van der Waals surface area (Å²) in [5, 5.41) is 4.80. The summed E-state index contributed by atoms with van der Waals surface area (Å²) in [4.78, 5) is 1.25. The second-order valence-corrected chi connectivity index (χ2v) is 7.57. The number of sulfonamides is 1. The van der Waals surface area contributed by atoms with Crippen LogP contribution in [-0.2, 0) is 16.6 Å². The van der Waals surface area contributed by atoms with Gasteiger partial charge in [0.1, 0.15) is 0 Å². The Bertz CT molecular complexity index is 466. The first-order valence-corrected chi connectivity index (χ1v) is 8.46. The molecule has 0 aliphatic carbocycles. The molecular weight excluding hydrogens is 268 g/mol. The van der Waals surface area contributed by atoms with E-state index >= 15 is 0 Å². The van der Waals surface area contributed by atoms with Gasteiger partial charge in [-0.3, -0.25) is 0 Å². The Hall–Kier alpha value is -0.430. The van der Waals surface area contributed by atoms with Gasteiger partial charge in [-0.25, -0.2) is 13.1 Å². The highest BCUT2D eigenvalue weighted by molar-refractivity contribution is 7.89. The fraction of sp³-hybridized carbons (Fsp3) is 0.667. The fourth-order valence-electron chi connectivity index (χ4n) is 1.94. The van der Waals surface area contributed by atoms with Gasteiger partial charge in [0.15, 0.2) is 0 Å². The van der Waals surface area contributed by atoms with Gasteiger partial charge in [-0.2, -0.15) is 0 Å². The monoisotopic (exact) mass is 290 g/mol. The SMILES string of the molecule is CNCc1sccc1S(=O)(=O)NC(C)CC(C)C. The van der Waals surface area contributed by atoms with E-state index in [0.717, 1.165) is 11.3 Å². The van der Waals surface area contributed by atoms with E-state index in [1.807, 2.05) is 19.4 Å². The Labute approximate surface area is 114 Å². The van der Waals surface area contributed by atoms with Gasteiger partial charge in [-0.15, -0.1) is 11.3 Å². The van der Waals surface area contributed by atoms with Crippen LogP contribution in [0.15, 0.2) is 16.3 Å². The third kappa shape index (κ3) is 4.35. The van der Waals surface area contributed by atoms with Crippen molar-refractivity contribution in [3.63, 3.8) is 0 Å². The van der Waals surface area contributed by atoms with Gasteiger partial charge in [0.25, 0.3) is 0 Å². The molecule has 0 fully saturated rings. The van der Waals surface area contributed by atoms with Crippen molar-refractivity contribution < 1.29 is 8.42 Å². The zero-order valence-corrected chi connectivity index (χ0v) is 13.0. The lowest BCUT2D eigenvalue weighted by Crippen LogP contribution is -2.33. The van der Waals surface area contributed by atoms with Crippen molar-refractivity contribution in [3.05, 3.63) is 16.3 Å². The number of rotatable bonds is 7. The Morgan fingerprint density at radius 3 is 2.56 bits per heavy atom. The van der Waals surface area contributed by atoms with Gasteiger partial charge in [-0.1, -0.05) is 13.8 Å². The van der Waals surface area contributed by atoms with E-state index in [0.29, 0.717) is 17.4 Å². The number of nitrogens with one attached hydrogen (secondary N) is 2. The van der Waals surface area contributed by atoms with Gasteiger partial charge in [0.2, 0.25) is 10.0 Å². The van der Waals surface area contributed by atoms with E-state index in [9.17, 15) is 8.42 Å². The molecule has 1 atom stereocenters. The van der Waals surface area contributed by atoms with E-state index < -0.39 is 10.0 Å². The zero-order valence-electron chi connectivity index (χ0n) is 11.4. The Morgan fingerprint density at radius 2 is 2.00 bits per heavy atom. The molecule has 0 aliphatic rings. The topological polar surface area (TPSA) is 58.2 Å². The van der Waals surface area contributed by atoms with Crippen molar-refractivity contribution in [2.45, 2.75) is 44.7 Å². The molecule has 4 nitrogen and oxygen atoms in total. The van der Waals surface area contributed by atoms with Crippen molar-refractivity contribution in [1.82, 2.24) is 10.0 Å². The molecule has 6 heteroatoms. The normalized spacial score (nSPS) is 14.1. The Morgan fingerprint density at radius 1 is 1.33 bits per heavy atom. The van der Waals surface area contributed by atoms with Crippen LogP contribution in [0.5, 0.6) is 0 Å². The highest BCUT2D eigenvalue weighted by atomic mass is 32.2.